The van der Waals surface area contributed by atoms with Crippen molar-refractivity contribution in [1.82, 2.24) is 4.57 Å². The number of pyridine rings is 1. The van der Waals surface area contributed by atoms with Gasteiger partial charge in [-0.15, -0.1) is 0 Å². The maximum absolute atomic E-state index is 13.5. The number of fused-ring (bicyclic) bond motifs is 2. The summed E-state index contributed by atoms with van der Waals surface area (Å²) in [6, 6.07) is 7.86. The van der Waals surface area contributed by atoms with Gasteiger partial charge in [-0.05, 0) is 54.3 Å². The van der Waals surface area contributed by atoms with Crippen LogP contribution in [0.2, 0.25) is 0 Å². The quantitative estimate of drug-likeness (QED) is 0.595. The lowest BCUT2D eigenvalue weighted by molar-refractivity contribution is -0.136. The van der Waals surface area contributed by atoms with E-state index in [1.165, 1.54) is 19.2 Å². The molecule has 1 aliphatic rings. The highest BCUT2D eigenvalue weighted by Crippen LogP contribution is 2.37. The van der Waals surface area contributed by atoms with Crippen molar-refractivity contribution < 1.29 is 30.6 Å². The van der Waals surface area contributed by atoms with Gasteiger partial charge in [0, 0.05) is 18.5 Å². The number of carbonyl (C=O) groups excluding carboxylic acids is 1. The Hall–Kier alpha value is -3.34. The van der Waals surface area contributed by atoms with Crippen LogP contribution < -0.4 is 15.5 Å². The molecule has 11 heteroatoms. The highest BCUT2D eigenvalue weighted by Gasteiger charge is 2.34. The van der Waals surface area contributed by atoms with Crippen LogP contribution in [-0.4, -0.2) is 18.9 Å². The van der Waals surface area contributed by atoms with Crippen molar-refractivity contribution in [2.75, 3.05) is 0 Å². The highest BCUT2D eigenvalue weighted by molar-refractivity contribution is 7.87. The van der Waals surface area contributed by atoms with Crippen molar-refractivity contribution in [2.45, 2.75) is 29.8 Å². The number of benzene rings is 2. The number of primary amides is 1. The van der Waals surface area contributed by atoms with Crippen molar-refractivity contribution in [3.8, 4) is 5.75 Å². The summed E-state index contributed by atoms with van der Waals surface area (Å²) in [5.41, 5.74) is 4.61. The number of halogens is 3. The second-order valence-corrected chi connectivity index (χ2v) is 9.07. The van der Waals surface area contributed by atoms with Crippen LogP contribution in [0.5, 0.6) is 5.75 Å². The van der Waals surface area contributed by atoms with E-state index in [1.807, 2.05) is 0 Å². The molecule has 2 aromatic carbocycles. The maximum atomic E-state index is 13.5. The average molecular weight is 466 g/mol. The van der Waals surface area contributed by atoms with Crippen LogP contribution in [0, 0.1) is 0 Å². The van der Waals surface area contributed by atoms with E-state index in [0.717, 1.165) is 28.3 Å². The molecule has 1 amide bonds. The smallest absolute Gasteiger partial charge is 0.379 e. The molecule has 0 bridgehead atoms. The predicted molar refractivity (Wildman–Crippen MR) is 109 cm³/mol. The molecule has 1 aliphatic carbocycles. The van der Waals surface area contributed by atoms with Crippen LogP contribution in [0.3, 0.4) is 0 Å². The average Bonchev–Trinajstić information content (AvgIpc) is 3.12. The van der Waals surface area contributed by atoms with Gasteiger partial charge in [-0.25, -0.2) is 0 Å². The molecule has 0 radical (unpaired) electrons. The largest absolute Gasteiger partial charge is 0.417 e. The number of amides is 1. The Morgan fingerprint density at radius 3 is 2.53 bits per heavy atom. The van der Waals surface area contributed by atoms with E-state index in [9.17, 15) is 31.2 Å². The molecule has 32 heavy (non-hydrogen) atoms. The number of hydrogen-bond acceptors (Lipinski definition) is 5. The monoisotopic (exact) mass is 466 g/mol. The van der Waals surface area contributed by atoms with Gasteiger partial charge in [0.25, 0.3) is 5.56 Å². The molecule has 1 atom stereocenters. The molecule has 1 aromatic heterocycles. The second-order valence-electron chi connectivity index (χ2n) is 7.52. The van der Waals surface area contributed by atoms with Crippen LogP contribution in [0.25, 0.3) is 10.9 Å². The first-order chi connectivity index (χ1) is 14.9. The van der Waals surface area contributed by atoms with Crippen LogP contribution in [0.15, 0.2) is 52.2 Å². The van der Waals surface area contributed by atoms with Crippen molar-refractivity contribution >= 4 is 26.9 Å². The summed E-state index contributed by atoms with van der Waals surface area (Å²) in [6.45, 7) is 0. The van der Waals surface area contributed by atoms with Crippen LogP contribution in [0.4, 0.5) is 13.2 Å². The highest BCUT2D eigenvalue weighted by atomic mass is 32.2. The summed E-state index contributed by atoms with van der Waals surface area (Å²) < 4.78 is 72.1. The van der Waals surface area contributed by atoms with Crippen molar-refractivity contribution in [2.24, 2.45) is 12.8 Å². The topological polar surface area (TPSA) is 108 Å². The fourth-order valence-corrected chi connectivity index (χ4v) is 4.90. The Labute approximate surface area is 180 Å². The second kappa shape index (κ2) is 7.37. The van der Waals surface area contributed by atoms with Gasteiger partial charge in [-0.3, -0.25) is 9.59 Å². The lowest BCUT2D eigenvalue weighted by Crippen LogP contribution is -2.21. The minimum Gasteiger partial charge on any atom is -0.379 e. The van der Waals surface area contributed by atoms with Crippen molar-refractivity contribution in [1.29, 1.82) is 0 Å². The SMILES string of the molecule is Cn1c(=O)cc(C(F)(F)F)c2cc(S(=O)(=O)Oc3ccc4c(c3)CCC4C(N)=O)ccc21. The molecular formula is C21H17F3N2O5S. The number of hydrogen-bond donors (Lipinski definition) is 1. The molecule has 3 aromatic rings. The van der Waals surface area contributed by atoms with Gasteiger partial charge in [0.15, 0.2) is 0 Å². The van der Waals surface area contributed by atoms with E-state index < -0.39 is 49.5 Å². The van der Waals surface area contributed by atoms with E-state index >= 15 is 0 Å². The van der Waals surface area contributed by atoms with Gasteiger partial charge in [0.05, 0.1) is 17.0 Å². The summed E-state index contributed by atoms with van der Waals surface area (Å²) in [5, 5.41) is -0.442. The molecule has 0 saturated heterocycles. The predicted octanol–water partition coefficient (Wildman–Crippen LogP) is 2.84. The maximum Gasteiger partial charge on any atom is 0.417 e. The summed E-state index contributed by atoms with van der Waals surface area (Å²) in [7, 11) is -3.19. The van der Waals surface area contributed by atoms with Gasteiger partial charge in [-0.2, -0.15) is 21.6 Å². The van der Waals surface area contributed by atoms with Crippen LogP contribution in [0.1, 0.15) is 29.0 Å². The van der Waals surface area contributed by atoms with E-state index in [1.54, 1.807) is 6.07 Å². The summed E-state index contributed by atoms with van der Waals surface area (Å²) in [6.07, 6.45) is -3.84. The molecule has 4 rings (SSSR count). The first kappa shape index (κ1) is 21.9. The lowest BCUT2D eigenvalue weighted by Gasteiger charge is -2.14. The Kier molecular flexibility index (Phi) is 5.04. The first-order valence-electron chi connectivity index (χ1n) is 9.46. The fourth-order valence-electron chi connectivity index (χ4n) is 3.95. The fraction of sp³-hybridized carbons (Fsp3) is 0.238. The zero-order valence-corrected chi connectivity index (χ0v) is 17.5. The van der Waals surface area contributed by atoms with Crippen molar-refractivity contribution in [3.05, 3.63) is 69.5 Å². The molecule has 168 valence electrons. The summed E-state index contributed by atoms with van der Waals surface area (Å²) in [4.78, 5) is 22.9. The zero-order valence-electron chi connectivity index (χ0n) is 16.6. The summed E-state index contributed by atoms with van der Waals surface area (Å²) in [5.74, 6) is -0.967. The third-order valence-electron chi connectivity index (χ3n) is 5.55. The molecule has 1 heterocycles. The third-order valence-corrected chi connectivity index (χ3v) is 6.80. The van der Waals surface area contributed by atoms with Gasteiger partial charge in [0.2, 0.25) is 5.91 Å². The van der Waals surface area contributed by atoms with E-state index in [-0.39, 0.29) is 11.3 Å². The van der Waals surface area contributed by atoms with Crippen LogP contribution >= 0.6 is 0 Å². The van der Waals surface area contributed by atoms with Crippen molar-refractivity contribution in [3.63, 3.8) is 0 Å². The Morgan fingerprint density at radius 2 is 1.88 bits per heavy atom. The molecule has 1 unspecified atom stereocenters. The number of nitrogens with two attached hydrogens (primary N) is 1. The minimum atomic E-state index is -4.86. The van der Waals surface area contributed by atoms with E-state index in [0.29, 0.717) is 24.5 Å². The van der Waals surface area contributed by atoms with Gasteiger partial charge >= 0.3 is 16.3 Å². The minimum absolute atomic E-state index is 0.0366. The van der Waals surface area contributed by atoms with E-state index in [4.69, 9.17) is 9.92 Å². The Morgan fingerprint density at radius 1 is 1.16 bits per heavy atom. The lowest BCUT2D eigenvalue weighted by atomic mass is 10.0. The molecule has 0 saturated carbocycles. The Bertz CT molecular complexity index is 1430. The first-order valence-corrected chi connectivity index (χ1v) is 10.9. The summed E-state index contributed by atoms with van der Waals surface area (Å²) >= 11 is 0. The normalized spacial score (nSPS) is 16.2. The Balaban J connectivity index is 1.75. The third kappa shape index (κ3) is 3.72. The molecule has 7 nitrogen and oxygen atoms in total. The van der Waals surface area contributed by atoms with Gasteiger partial charge < -0.3 is 14.5 Å². The van der Waals surface area contributed by atoms with Gasteiger partial charge in [-0.1, -0.05) is 6.07 Å². The number of rotatable bonds is 4. The van der Waals surface area contributed by atoms with E-state index in [2.05, 4.69) is 0 Å². The molecule has 0 aliphatic heterocycles. The molecule has 2 N–H and O–H groups in total. The molecular weight excluding hydrogens is 449 g/mol. The molecule has 0 spiro atoms. The van der Waals surface area contributed by atoms with Gasteiger partial charge in [0.1, 0.15) is 10.6 Å². The molecule has 0 fully saturated rings. The van der Waals surface area contributed by atoms with Crippen LogP contribution in [-0.2, 0) is 34.6 Å². The number of carbonyl (C=O) groups is 1. The number of aromatic nitrogens is 1. The zero-order chi connectivity index (χ0) is 23.4. The number of nitrogens with zero attached hydrogens (tertiary/aromatic N) is 1. The standard InChI is InChI=1S/C21H17F3N2O5S/c1-26-18-7-4-13(9-16(18)17(10-19(26)27)21(22,23)24)32(29,30)31-12-3-6-14-11(8-12)2-5-15(14)20(25)28/h3-4,6-10,15H,2,5H2,1H3,(H2,25,28). The number of aryl methyl sites for hydroxylation is 2. The number of alkyl halides is 3.